The molecule has 0 aliphatic heterocycles. The van der Waals surface area contributed by atoms with E-state index >= 15 is 0 Å². The van der Waals surface area contributed by atoms with E-state index in [-0.39, 0.29) is 11.1 Å². The predicted molar refractivity (Wildman–Crippen MR) is 109 cm³/mol. The van der Waals surface area contributed by atoms with E-state index in [9.17, 15) is 18.0 Å². The van der Waals surface area contributed by atoms with E-state index in [1.54, 1.807) is 0 Å². The zero-order chi connectivity index (χ0) is 21.5. The first kappa shape index (κ1) is 23.2. The zero-order valence-electron chi connectivity index (χ0n) is 16.8. The minimum atomic E-state index is -4.51. The van der Waals surface area contributed by atoms with Crippen molar-refractivity contribution in [3.63, 3.8) is 0 Å². The Bertz CT molecular complexity index is 773. The van der Waals surface area contributed by atoms with Crippen molar-refractivity contribution in [1.82, 2.24) is 15.3 Å². The second-order valence-corrected chi connectivity index (χ2v) is 8.77. The van der Waals surface area contributed by atoms with E-state index in [0.29, 0.717) is 37.3 Å². The molecule has 1 N–H and O–H groups in total. The molecule has 1 aromatic carbocycles. The highest BCUT2D eigenvalue weighted by Crippen LogP contribution is 2.32. The lowest BCUT2D eigenvalue weighted by atomic mass is 9.91. The summed E-state index contributed by atoms with van der Waals surface area (Å²) in [4.78, 5) is 19.8. The maximum atomic E-state index is 13.1. The Morgan fingerprint density at radius 2 is 1.72 bits per heavy atom. The fourth-order valence-electron chi connectivity index (χ4n) is 2.47. The molecule has 0 saturated heterocycles. The Morgan fingerprint density at radius 3 is 2.34 bits per heavy atom. The number of aryl methyl sites for hydroxylation is 1. The number of hydrogen-bond acceptors (Lipinski definition) is 4. The van der Waals surface area contributed by atoms with Gasteiger partial charge in [0.1, 0.15) is 5.69 Å². The molecule has 1 aromatic heterocycles. The highest BCUT2D eigenvalue weighted by atomic mass is 32.2. The summed E-state index contributed by atoms with van der Waals surface area (Å²) in [6.07, 6.45) is -2.81. The molecule has 29 heavy (non-hydrogen) atoms. The smallest absolute Gasteiger partial charge is 0.356 e. The molecule has 0 radical (unpaired) electrons. The Hall–Kier alpha value is -2.09. The molecule has 0 unspecified atom stereocenters. The summed E-state index contributed by atoms with van der Waals surface area (Å²) in [7, 11) is 0. The van der Waals surface area contributed by atoms with Gasteiger partial charge < -0.3 is 5.32 Å². The number of nitrogens with zero attached hydrogens (tertiary/aromatic N) is 2. The molecule has 0 saturated carbocycles. The summed E-state index contributed by atoms with van der Waals surface area (Å²) >= 11 is 1.17. The van der Waals surface area contributed by atoms with E-state index in [0.717, 1.165) is 11.6 Å². The number of aromatic nitrogens is 2. The van der Waals surface area contributed by atoms with Crippen molar-refractivity contribution in [3.8, 4) is 0 Å². The fourth-order valence-corrected chi connectivity index (χ4v) is 3.27. The topological polar surface area (TPSA) is 54.9 Å². The van der Waals surface area contributed by atoms with Crippen molar-refractivity contribution in [3.05, 3.63) is 53.3 Å². The Balaban J connectivity index is 1.80. The molecule has 2 rings (SSSR count). The van der Waals surface area contributed by atoms with E-state index < -0.39 is 17.3 Å². The second-order valence-electron chi connectivity index (χ2n) is 7.71. The van der Waals surface area contributed by atoms with Crippen molar-refractivity contribution in [1.29, 1.82) is 0 Å². The molecule has 0 atom stereocenters. The summed E-state index contributed by atoms with van der Waals surface area (Å²) in [6, 6.07) is 10.8. The van der Waals surface area contributed by atoms with Gasteiger partial charge in [0.05, 0.1) is 5.69 Å². The van der Waals surface area contributed by atoms with Gasteiger partial charge in [-0.3, -0.25) is 4.79 Å². The molecule has 0 fully saturated rings. The van der Waals surface area contributed by atoms with Crippen LogP contribution in [0.15, 0.2) is 41.6 Å². The lowest BCUT2D eigenvalue weighted by molar-refractivity contribution is -0.141. The van der Waals surface area contributed by atoms with Gasteiger partial charge in [-0.1, -0.05) is 62.9 Å². The van der Waals surface area contributed by atoms with Crippen molar-refractivity contribution >= 4 is 17.7 Å². The van der Waals surface area contributed by atoms with Crippen molar-refractivity contribution in [2.75, 3.05) is 12.3 Å². The zero-order valence-corrected chi connectivity index (χ0v) is 17.7. The lowest BCUT2D eigenvalue weighted by Crippen LogP contribution is -2.25. The standard InChI is InChI=1S/C21H26F3N3OS/c1-20(2,3)16-14-17(21(22,23)24)27-19(26-16)29-13-7-12-25-18(28)11-10-15-8-5-4-6-9-15/h4-6,8-9,14H,7,10-13H2,1-3H3,(H,25,28). The minimum absolute atomic E-state index is 0.0378. The normalized spacial score (nSPS) is 12.1. The van der Waals surface area contributed by atoms with E-state index in [2.05, 4.69) is 15.3 Å². The van der Waals surface area contributed by atoms with E-state index in [1.165, 1.54) is 11.8 Å². The van der Waals surface area contributed by atoms with Gasteiger partial charge in [-0.25, -0.2) is 9.97 Å². The molecule has 2 aromatic rings. The average molecular weight is 426 g/mol. The number of halogens is 3. The summed E-state index contributed by atoms with van der Waals surface area (Å²) < 4.78 is 39.3. The van der Waals surface area contributed by atoms with Crippen LogP contribution in [-0.4, -0.2) is 28.2 Å². The number of carbonyl (C=O) groups is 1. The van der Waals surface area contributed by atoms with E-state index in [1.807, 2.05) is 51.1 Å². The predicted octanol–water partition coefficient (Wildman–Crippen LogP) is 5.02. The van der Waals surface area contributed by atoms with Crippen LogP contribution in [0.3, 0.4) is 0 Å². The lowest BCUT2D eigenvalue weighted by Gasteiger charge is -2.19. The van der Waals surface area contributed by atoms with Crippen LogP contribution in [0.4, 0.5) is 13.2 Å². The molecule has 0 spiro atoms. The highest BCUT2D eigenvalue weighted by Gasteiger charge is 2.34. The molecule has 0 bridgehead atoms. The monoisotopic (exact) mass is 425 g/mol. The number of thioether (sulfide) groups is 1. The first-order chi connectivity index (χ1) is 13.6. The third-order valence-corrected chi connectivity index (χ3v) is 5.06. The largest absolute Gasteiger partial charge is 0.433 e. The van der Waals surface area contributed by atoms with Crippen LogP contribution in [0.2, 0.25) is 0 Å². The molecule has 1 amide bonds. The Morgan fingerprint density at radius 1 is 1.07 bits per heavy atom. The number of carbonyl (C=O) groups excluding carboxylic acids is 1. The maximum absolute atomic E-state index is 13.1. The molecule has 4 nitrogen and oxygen atoms in total. The summed E-state index contributed by atoms with van der Waals surface area (Å²) in [5.74, 6) is 0.480. The number of hydrogen-bond donors (Lipinski definition) is 1. The third-order valence-electron chi connectivity index (χ3n) is 4.12. The quantitative estimate of drug-likeness (QED) is 0.366. The second kappa shape index (κ2) is 10.1. The number of rotatable bonds is 8. The summed E-state index contributed by atoms with van der Waals surface area (Å²) in [5, 5.41) is 2.95. The summed E-state index contributed by atoms with van der Waals surface area (Å²) in [6.45, 7) is 5.91. The fraction of sp³-hybridized carbons (Fsp3) is 0.476. The van der Waals surface area contributed by atoms with Crippen LogP contribution in [0.1, 0.15) is 50.6 Å². The molecule has 158 valence electrons. The van der Waals surface area contributed by atoms with Gasteiger partial charge >= 0.3 is 6.18 Å². The maximum Gasteiger partial charge on any atom is 0.433 e. The average Bonchev–Trinajstić information content (AvgIpc) is 2.65. The first-order valence-electron chi connectivity index (χ1n) is 9.46. The Kier molecular flexibility index (Phi) is 8.07. The third kappa shape index (κ3) is 8.04. The molecule has 8 heteroatoms. The first-order valence-corrected chi connectivity index (χ1v) is 10.4. The van der Waals surface area contributed by atoms with Crippen LogP contribution in [-0.2, 0) is 22.8 Å². The van der Waals surface area contributed by atoms with E-state index in [4.69, 9.17) is 0 Å². The van der Waals surface area contributed by atoms with Gasteiger partial charge in [-0.05, 0) is 24.5 Å². The van der Waals surface area contributed by atoms with Gasteiger partial charge in [0.15, 0.2) is 5.16 Å². The molecular weight excluding hydrogens is 399 g/mol. The highest BCUT2D eigenvalue weighted by molar-refractivity contribution is 7.99. The van der Waals surface area contributed by atoms with Crippen LogP contribution in [0, 0.1) is 0 Å². The number of benzene rings is 1. The van der Waals surface area contributed by atoms with Gasteiger partial charge in [0, 0.05) is 24.1 Å². The SMILES string of the molecule is CC(C)(C)c1cc(C(F)(F)F)nc(SCCCNC(=O)CCc2ccccc2)n1. The van der Waals surface area contributed by atoms with Gasteiger partial charge in [-0.15, -0.1) is 0 Å². The van der Waals surface area contributed by atoms with Gasteiger partial charge in [0.25, 0.3) is 0 Å². The minimum Gasteiger partial charge on any atom is -0.356 e. The molecule has 0 aliphatic carbocycles. The van der Waals surface area contributed by atoms with Crippen LogP contribution < -0.4 is 5.32 Å². The number of amides is 1. The molecular formula is C21H26F3N3OS. The number of nitrogens with one attached hydrogen (secondary N) is 1. The van der Waals surface area contributed by atoms with Crippen LogP contribution in [0.25, 0.3) is 0 Å². The van der Waals surface area contributed by atoms with Gasteiger partial charge in [0.2, 0.25) is 5.91 Å². The van der Waals surface area contributed by atoms with Crippen LogP contribution >= 0.6 is 11.8 Å². The van der Waals surface area contributed by atoms with Gasteiger partial charge in [-0.2, -0.15) is 13.2 Å². The molecule has 1 heterocycles. The van der Waals surface area contributed by atoms with Crippen molar-refractivity contribution in [2.24, 2.45) is 0 Å². The van der Waals surface area contributed by atoms with Crippen molar-refractivity contribution in [2.45, 2.75) is 56.8 Å². The van der Waals surface area contributed by atoms with Crippen LogP contribution in [0.5, 0.6) is 0 Å². The van der Waals surface area contributed by atoms with Crippen molar-refractivity contribution < 1.29 is 18.0 Å². The summed E-state index contributed by atoms with van der Waals surface area (Å²) in [5.41, 5.74) is 0.0329. The Labute approximate surface area is 173 Å². The molecule has 0 aliphatic rings. The number of alkyl halides is 3.